The third kappa shape index (κ3) is 2.16. The highest BCUT2D eigenvalue weighted by molar-refractivity contribution is 5.46. The van der Waals surface area contributed by atoms with Gasteiger partial charge in [0.25, 0.3) is 0 Å². The highest BCUT2D eigenvalue weighted by Gasteiger charge is 2.50. The fraction of sp³-hybridized carbons (Fsp3) is 0.692. The lowest BCUT2D eigenvalue weighted by Gasteiger charge is -2.10. The van der Waals surface area contributed by atoms with E-state index in [1.165, 1.54) is 17.6 Å². The van der Waals surface area contributed by atoms with Crippen molar-refractivity contribution in [1.29, 1.82) is 0 Å². The quantitative estimate of drug-likeness (QED) is 0.682. The molecule has 1 aliphatic heterocycles. The summed E-state index contributed by atoms with van der Waals surface area (Å²) in [7, 11) is 2.04. The summed E-state index contributed by atoms with van der Waals surface area (Å²) in [5, 5.41) is 6.86. The van der Waals surface area contributed by atoms with Gasteiger partial charge in [0.1, 0.15) is 0 Å². The molecule has 2 heteroatoms. The summed E-state index contributed by atoms with van der Waals surface area (Å²) in [5.74, 6) is 0. The summed E-state index contributed by atoms with van der Waals surface area (Å²) in [6.45, 7) is 9.50. The van der Waals surface area contributed by atoms with E-state index in [1.54, 1.807) is 0 Å². The van der Waals surface area contributed by atoms with Crippen molar-refractivity contribution in [3.8, 4) is 0 Å². The molecule has 1 spiro atoms. The lowest BCUT2D eigenvalue weighted by Crippen LogP contribution is -2.26. The largest absolute Gasteiger partial charge is 0.313 e. The molecule has 0 aromatic carbocycles. The van der Waals surface area contributed by atoms with Crippen LogP contribution in [0.4, 0.5) is 0 Å². The Morgan fingerprint density at radius 2 is 2.07 bits per heavy atom. The van der Waals surface area contributed by atoms with E-state index in [9.17, 15) is 0 Å². The SMILES string of the molecule is C/C=C\C1=C(C)C2(CN2)CC1NC.CC. The maximum atomic E-state index is 3.48. The molecule has 1 heterocycles. The lowest BCUT2D eigenvalue weighted by molar-refractivity contribution is 0.577. The molecule has 86 valence electrons. The average molecular weight is 208 g/mol. The molecule has 15 heavy (non-hydrogen) atoms. The molecule has 2 rings (SSSR count). The lowest BCUT2D eigenvalue weighted by atomic mass is 10.0. The molecular formula is C13H24N2. The van der Waals surface area contributed by atoms with Crippen LogP contribution in [0.5, 0.6) is 0 Å². The van der Waals surface area contributed by atoms with E-state index >= 15 is 0 Å². The molecule has 2 aliphatic rings. The third-order valence-corrected chi connectivity index (χ3v) is 3.38. The molecule has 0 radical (unpaired) electrons. The minimum atomic E-state index is 0.364. The zero-order valence-electron chi connectivity index (χ0n) is 10.6. The van der Waals surface area contributed by atoms with Gasteiger partial charge in [-0.1, -0.05) is 26.0 Å². The van der Waals surface area contributed by atoms with Gasteiger partial charge in [0.15, 0.2) is 0 Å². The predicted octanol–water partition coefficient (Wildman–Crippen LogP) is 2.24. The van der Waals surface area contributed by atoms with Crippen molar-refractivity contribution in [2.24, 2.45) is 0 Å². The first kappa shape index (κ1) is 12.5. The molecule has 0 bridgehead atoms. The van der Waals surface area contributed by atoms with Gasteiger partial charge in [-0.25, -0.2) is 0 Å². The Hall–Kier alpha value is -0.600. The highest BCUT2D eigenvalue weighted by atomic mass is 15.2. The molecule has 0 aromatic rings. The van der Waals surface area contributed by atoms with E-state index in [0.29, 0.717) is 11.6 Å². The van der Waals surface area contributed by atoms with Gasteiger partial charge >= 0.3 is 0 Å². The second-order valence-corrected chi connectivity index (χ2v) is 4.06. The molecule has 2 nitrogen and oxygen atoms in total. The standard InChI is InChI=1S/C11H18N2.C2H6/c1-4-5-9-8(2)11(7-13-11)6-10(9)12-3;1-2/h4-5,10,12-13H,6-7H2,1-3H3;1-2H3/b5-4-;. The summed E-state index contributed by atoms with van der Waals surface area (Å²) in [5.41, 5.74) is 3.38. The number of hydrogen-bond donors (Lipinski definition) is 2. The fourth-order valence-electron chi connectivity index (χ4n) is 2.34. The van der Waals surface area contributed by atoms with Crippen molar-refractivity contribution >= 4 is 0 Å². The third-order valence-electron chi connectivity index (χ3n) is 3.38. The van der Waals surface area contributed by atoms with E-state index < -0.39 is 0 Å². The van der Waals surface area contributed by atoms with Gasteiger partial charge in [-0.05, 0) is 38.5 Å². The number of hydrogen-bond acceptors (Lipinski definition) is 2. The summed E-state index contributed by atoms with van der Waals surface area (Å²) in [4.78, 5) is 0. The van der Waals surface area contributed by atoms with E-state index in [4.69, 9.17) is 0 Å². The van der Waals surface area contributed by atoms with Crippen LogP contribution in [0.25, 0.3) is 0 Å². The van der Waals surface area contributed by atoms with Gasteiger partial charge in [0.2, 0.25) is 0 Å². The Morgan fingerprint density at radius 3 is 2.47 bits per heavy atom. The second kappa shape index (κ2) is 4.95. The number of rotatable bonds is 2. The first-order valence-corrected chi connectivity index (χ1v) is 6.00. The minimum absolute atomic E-state index is 0.364. The van der Waals surface area contributed by atoms with Gasteiger partial charge in [-0.3, -0.25) is 0 Å². The first-order chi connectivity index (χ1) is 7.23. The molecule has 0 amide bonds. The van der Waals surface area contributed by atoms with Crippen molar-refractivity contribution in [2.75, 3.05) is 13.6 Å². The van der Waals surface area contributed by atoms with Gasteiger partial charge < -0.3 is 10.6 Å². The minimum Gasteiger partial charge on any atom is -0.313 e. The molecule has 1 fully saturated rings. The predicted molar refractivity (Wildman–Crippen MR) is 67.1 cm³/mol. The molecule has 2 unspecified atom stereocenters. The second-order valence-electron chi connectivity index (χ2n) is 4.06. The van der Waals surface area contributed by atoms with Crippen molar-refractivity contribution in [3.05, 3.63) is 23.3 Å². The number of allylic oxidation sites excluding steroid dienone is 1. The number of nitrogens with one attached hydrogen (secondary N) is 2. The molecular weight excluding hydrogens is 184 g/mol. The maximum absolute atomic E-state index is 3.48. The Balaban J connectivity index is 0.000000531. The zero-order chi connectivity index (χ0) is 11.5. The van der Waals surface area contributed by atoms with Crippen LogP contribution in [0, 0.1) is 0 Å². The van der Waals surface area contributed by atoms with Crippen LogP contribution in [-0.2, 0) is 0 Å². The molecule has 2 atom stereocenters. The van der Waals surface area contributed by atoms with Crippen molar-refractivity contribution in [2.45, 2.75) is 45.7 Å². The van der Waals surface area contributed by atoms with Crippen LogP contribution >= 0.6 is 0 Å². The highest BCUT2D eigenvalue weighted by Crippen LogP contribution is 2.42. The molecule has 1 aliphatic carbocycles. The Bertz CT molecular complexity index is 272. The van der Waals surface area contributed by atoms with E-state index in [0.717, 1.165) is 6.54 Å². The van der Waals surface area contributed by atoms with Crippen molar-refractivity contribution in [3.63, 3.8) is 0 Å². The Labute approximate surface area is 93.8 Å². The summed E-state index contributed by atoms with van der Waals surface area (Å²) in [6, 6.07) is 0.547. The van der Waals surface area contributed by atoms with Crippen LogP contribution in [-0.4, -0.2) is 25.2 Å². The topological polar surface area (TPSA) is 34.0 Å². The van der Waals surface area contributed by atoms with Gasteiger partial charge in [0.05, 0.1) is 5.54 Å². The molecule has 1 saturated heterocycles. The van der Waals surface area contributed by atoms with E-state index in [2.05, 4.69) is 36.6 Å². The van der Waals surface area contributed by atoms with Crippen LogP contribution in [0.1, 0.15) is 34.1 Å². The number of likely N-dealkylation sites (N-methyl/N-ethyl adjacent to an activating group) is 1. The van der Waals surface area contributed by atoms with Crippen molar-refractivity contribution in [1.82, 2.24) is 10.6 Å². The molecule has 0 saturated carbocycles. The Morgan fingerprint density at radius 1 is 1.47 bits per heavy atom. The Kier molecular flexibility index (Phi) is 4.12. The fourth-order valence-corrected chi connectivity index (χ4v) is 2.34. The van der Waals surface area contributed by atoms with Crippen LogP contribution < -0.4 is 10.6 Å². The zero-order valence-corrected chi connectivity index (χ0v) is 10.6. The van der Waals surface area contributed by atoms with Gasteiger partial charge in [-0.2, -0.15) is 0 Å². The maximum Gasteiger partial charge on any atom is 0.0543 e. The van der Waals surface area contributed by atoms with Gasteiger partial charge in [-0.15, -0.1) is 0 Å². The van der Waals surface area contributed by atoms with Crippen molar-refractivity contribution < 1.29 is 0 Å². The van der Waals surface area contributed by atoms with E-state index in [1.807, 2.05) is 20.9 Å². The normalized spacial score (nSPS) is 33.5. The average Bonchev–Trinajstić information content (AvgIpc) is 3.01. The van der Waals surface area contributed by atoms with Crippen LogP contribution in [0.15, 0.2) is 23.3 Å². The van der Waals surface area contributed by atoms with Gasteiger partial charge in [0, 0.05) is 12.6 Å². The van der Waals surface area contributed by atoms with Crippen LogP contribution in [0.2, 0.25) is 0 Å². The summed E-state index contributed by atoms with van der Waals surface area (Å²) >= 11 is 0. The molecule has 2 N–H and O–H groups in total. The smallest absolute Gasteiger partial charge is 0.0543 e. The van der Waals surface area contributed by atoms with E-state index in [-0.39, 0.29) is 0 Å². The summed E-state index contributed by atoms with van der Waals surface area (Å²) < 4.78 is 0. The molecule has 0 aromatic heterocycles. The van der Waals surface area contributed by atoms with Crippen LogP contribution in [0.3, 0.4) is 0 Å². The first-order valence-electron chi connectivity index (χ1n) is 6.00. The summed E-state index contributed by atoms with van der Waals surface area (Å²) in [6.07, 6.45) is 5.59. The monoisotopic (exact) mass is 208 g/mol.